The fourth-order valence-corrected chi connectivity index (χ4v) is 1.68. The third-order valence-electron chi connectivity index (χ3n) is 1.59. The van der Waals surface area contributed by atoms with E-state index >= 15 is 0 Å². The van der Waals surface area contributed by atoms with Crippen molar-refractivity contribution in [1.29, 1.82) is 0 Å². The summed E-state index contributed by atoms with van der Waals surface area (Å²) < 4.78 is 23.5. The number of aryl methyl sites for hydroxylation is 1. The first-order chi connectivity index (χ1) is 6.11. The number of thiophene rings is 1. The van der Waals surface area contributed by atoms with Crippen molar-refractivity contribution < 1.29 is 13.6 Å². The Kier molecular flexibility index (Phi) is 3.36. The zero-order valence-electron chi connectivity index (χ0n) is 7.01. The van der Waals surface area contributed by atoms with Crippen molar-refractivity contribution in [3.63, 3.8) is 0 Å². The second-order valence-corrected chi connectivity index (χ2v) is 3.55. The first-order valence-electron chi connectivity index (χ1n) is 3.70. The van der Waals surface area contributed by atoms with Crippen LogP contribution in [0.1, 0.15) is 10.4 Å². The first kappa shape index (κ1) is 10.1. The Bertz CT molecular complexity index is 298. The lowest BCUT2D eigenvalue weighted by Crippen LogP contribution is -2.28. The Labute approximate surface area is 78.6 Å². The lowest BCUT2D eigenvalue weighted by molar-refractivity contribution is -0.131. The standard InChI is InChI=1S/C8H9F2NOS/c1-5-2-3-13-6(5)4-11-8(12)7(9)10/h2-3,7H,4H2,1H3,(H,11,12). The molecule has 0 fully saturated rings. The van der Waals surface area contributed by atoms with Crippen LogP contribution in [0.15, 0.2) is 11.4 Å². The summed E-state index contributed by atoms with van der Waals surface area (Å²) in [4.78, 5) is 11.4. The van der Waals surface area contributed by atoms with Gasteiger partial charge in [0, 0.05) is 4.88 Å². The molecule has 0 spiro atoms. The molecular formula is C8H9F2NOS. The highest BCUT2D eigenvalue weighted by Crippen LogP contribution is 2.14. The predicted molar refractivity (Wildman–Crippen MR) is 46.9 cm³/mol. The van der Waals surface area contributed by atoms with Crippen LogP contribution in [-0.4, -0.2) is 12.3 Å². The van der Waals surface area contributed by atoms with Crippen molar-refractivity contribution in [3.05, 3.63) is 21.9 Å². The summed E-state index contributed by atoms with van der Waals surface area (Å²) >= 11 is 1.44. The molecule has 1 N–H and O–H groups in total. The molecule has 0 atom stereocenters. The quantitative estimate of drug-likeness (QED) is 0.802. The Hall–Kier alpha value is -0.970. The normalized spacial score (nSPS) is 10.5. The van der Waals surface area contributed by atoms with Crippen molar-refractivity contribution >= 4 is 17.2 Å². The van der Waals surface area contributed by atoms with Crippen LogP contribution < -0.4 is 5.32 Å². The van der Waals surface area contributed by atoms with Crippen molar-refractivity contribution in [1.82, 2.24) is 5.32 Å². The van der Waals surface area contributed by atoms with Gasteiger partial charge < -0.3 is 5.32 Å². The number of halogens is 2. The number of carbonyl (C=O) groups is 1. The van der Waals surface area contributed by atoms with Gasteiger partial charge in [0.15, 0.2) is 0 Å². The molecule has 1 amide bonds. The van der Waals surface area contributed by atoms with E-state index in [1.807, 2.05) is 18.4 Å². The van der Waals surface area contributed by atoms with Crippen LogP contribution in [0.5, 0.6) is 0 Å². The van der Waals surface area contributed by atoms with Crippen LogP contribution in [0.3, 0.4) is 0 Å². The van der Waals surface area contributed by atoms with Crippen LogP contribution in [0.25, 0.3) is 0 Å². The summed E-state index contributed by atoms with van der Waals surface area (Å²) in [5, 5.41) is 4.01. The average Bonchev–Trinajstić information content (AvgIpc) is 2.47. The van der Waals surface area contributed by atoms with E-state index in [1.165, 1.54) is 11.3 Å². The molecule has 13 heavy (non-hydrogen) atoms. The van der Waals surface area contributed by atoms with E-state index in [2.05, 4.69) is 5.32 Å². The van der Waals surface area contributed by atoms with Crippen molar-refractivity contribution in [2.45, 2.75) is 19.9 Å². The number of nitrogens with one attached hydrogen (secondary N) is 1. The van der Waals surface area contributed by atoms with Crippen molar-refractivity contribution in [2.24, 2.45) is 0 Å². The minimum absolute atomic E-state index is 0.187. The van der Waals surface area contributed by atoms with Gasteiger partial charge in [0.1, 0.15) is 0 Å². The van der Waals surface area contributed by atoms with E-state index in [1.54, 1.807) is 0 Å². The van der Waals surface area contributed by atoms with Crippen LogP contribution in [0.2, 0.25) is 0 Å². The zero-order chi connectivity index (χ0) is 9.84. The van der Waals surface area contributed by atoms with Gasteiger partial charge in [-0.15, -0.1) is 11.3 Å². The molecule has 0 unspecified atom stereocenters. The predicted octanol–water partition coefficient (Wildman–Crippen LogP) is 1.94. The average molecular weight is 205 g/mol. The molecule has 0 radical (unpaired) electrons. The van der Waals surface area contributed by atoms with E-state index < -0.39 is 12.3 Å². The smallest absolute Gasteiger partial charge is 0.315 e. The monoisotopic (exact) mass is 205 g/mol. The maximum absolute atomic E-state index is 11.7. The second-order valence-electron chi connectivity index (χ2n) is 2.55. The van der Waals surface area contributed by atoms with Crippen LogP contribution >= 0.6 is 11.3 Å². The molecule has 0 aromatic carbocycles. The van der Waals surface area contributed by atoms with Gasteiger partial charge in [0.25, 0.3) is 5.91 Å². The number of hydrogen-bond donors (Lipinski definition) is 1. The Morgan fingerprint density at radius 2 is 2.38 bits per heavy atom. The lowest BCUT2D eigenvalue weighted by atomic mass is 10.3. The molecule has 5 heteroatoms. The van der Waals surface area contributed by atoms with Crippen LogP contribution in [-0.2, 0) is 11.3 Å². The molecule has 1 aromatic heterocycles. The van der Waals surface area contributed by atoms with E-state index in [4.69, 9.17) is 0 Å². The number of hydrogen-bond acceptors (Lipinski definition) is 2. The topological polar surface area (TPSA) is 29.1 Å². The van der Waals surface area contributed by atoms with Gasteiger partial charge >= 0.3 is 6.43 Å². The van der Waals surface area contributed by atoms with Gasteiger partial charge in [-0.3, -0.25) is 4.79 Å². The van der Waals surface area contributed by atoms with Crippen LogP contribution in [0.4, 0.5) is 8.78 Å². The fraction of sp³-hybridized carbons (Fsp3) is 0.375. The summed E-state index contributed by atoms with van der Waals surface area (Å²) in [5.41, 5.74) is 1.01. The van der Waals surface area contributed by atoms with Crippen LogP contribution in [0, 0.1) is 6.92 Å². The van der Waals surface area contributed by atoms with Gasteiger partial charge in [-0.2, -0.15) is 8.78 Å². The highest BCUT2D eigenvalue weighted by atomic mass is 32.1. The highest BCUT2D eigenvalue weighted by Gasteiger charge is 2.14. The van der Waals surface area contributed by atoms with Gasteiger partial charge in [0.2, 0.25) is 0 Å². The summed E-state index contributed by atoms with van der Waals surface area (Å²) in [6, 6.07) is 1.88. The number of alkyl halides is 2. The largest absolute Gasteiger partial charge is 0.346 e. The summed E-state index contributed by atoms with van der Waals surface area (Å²) in [6.45, 7) is 2.06. The van der Waals surface area contributed by atoms with Crippen molar-refractivity contribution in [3.8, 4) is 0 Å². The second kappa shape index (κ2) is 4.32. The van der Waals surface area contributed by atoms with E-state index in [0.717, 1.165) is 10.4 Å². The molecule has 0 aliphatic heterocycles. The van der Waals surface area contributed by atoms with Gasteiger partial charge in [0.05, 0.1) is 6.54 Å². The SMILES string of the molecule is Cc1ccsc1CNC(=O)C(F)F. The summed E-state index contributed by atoms with van der Waals surface area (Å²) in [7, 11) is 0. The Morgan fingerprint density at radius 3 is 2.85 bits per heavy atom. The molecule has 0 saturated carbocycles. The molecule has 0 aliphatic rings. The minimum Gasteiger partial charge on any atom is -0.346 e. The third kappa shape index (κ3) is 2.77. The van der Waals surface area contributed by atoms with Gasteiger partial charge in [-0.05, 0) is 23.9 Å². The molecular weight excluding hydrogens is 196 g/mol. The third-order valence-corrected chi connectivity index (χ3v) is 2.61. The maximum atomic E-state index is 11.7. The highest BCUT2D eigenvalue weighted by molar-refractivity contribution is 7.10. The molecule has 1 rings (SSSR count). The molecule has 2 nitrogen and oxygen atoms in total. The Morgan fingerprint density at radius 1 is 1.69 bits per heavy atom. The zero-order valence-corrected chi connectivity index (χ0v) is 7.83. The Balaban J connectivity index is 2.44. The van der Waals surface area contributed by atoms with Crippen molar-refractivity contribution in [2.75, 3.05) is 0 Å². The lowest BCUT2D eigenvalue weighted by Gasteiger charge is -2.02. The molecule has 0 aliphatic carbocycles. The molecule has 0 saturated heterocycles. The number of amides is 1. The van der Waals surface area contributed by atoms with E-state index in [-0.39, 0.29) is 6.54 Å². The summed E-state index contributed by atoms with van der Waals surface area (Å²) in [6.07, 6.45) is -2.93. The maximum Gasteiger partial charge on any atom is 0.315 e. The number of carbonyl (C=O) groups excluding carboxylic acids is 1. The van der Waals surface area contributed by atoms with Gasteiger partial charge in [-0.25, -0.2) is 0 Å². The minimum atomic E-state index is -2.93. The summed E-state index contributed by atoms with van der Waals surface area (Å²) in [5.74, 6) is -1.21. The van der Waals surface area contributed by atoms with Gasteiger partial charge in [-0.1, -0.05) is 0 Å². The molecule has 72 valence electrons. The molecule has 1 aromatic rings. The molecule has 1 heterocycles. The molecule has 0 bridgehead atoms. The first-order valence-corrected chi connectivity index (χ1v) is 4.58. The number of rotatable bonds is 3. The van der Waals surface area contributed by atoms with E-state index in [0.29, 0.717) is 0 Å². The fourth-order valence-electron chi connectivity index (χ4n) is 0.830. The van der Waals surface area contributed by atoms with E-state index in [9.17, 15) is 13.6 Å².